The number of aryl methyl sites for hydroxylation is 1. The summed E-state index contributed by atoms with van der Waals surface area (Å²) >= 11 is 0. The molecule has 7 heteroatoms. The van der Waals surface area contributed by atoms with Gasteiger partial charge in [0.05, 0.1) is 0 Å². The molecule has 1 fully saturated rings. The van der Waals surface area contributed by atoms with E-state index in [0.717, 1.165) is 43.2 Å². The summed E-state index contributed by atoms with van der Waals surface area (Å²) in [5.74, 6) is -0.329. The van der Waals surface area contributed by atoms with Crippen LogP contribution < -0.4 is 10.6 Å². The van der Waals surface area contributed by atoms with E-state index in [2.05, 4.69) is 17.6 Å². The second-order valence-corrected chi connectivity index (χ2v) is 13.0. The van der Waals surface area contributed by atoms with Gasteiger partial charge >= 0.3 is 6.09 Å². The highest BCUT2D eigenvalue weighted by Crippen LogP contribution is 2.32. The summed E-state index contributed by atoms with van der Waals surface area (Å²) in [5.41, 5.74) is 0.542. The van der Waals surface area contributed by atoms with Gasteiger partial charge in [0.25, 0.3) is 0 Å². The molecule has 1 aliphatic carbocycles. The lowest BCUT2D eigenvalue weighted by Gasteiger charge is -2.43. The van der Waals surface area contributed by atoms with E-state index < -0.39 is 29.3 Å². The largest absolute Gasteiger partial charge is 0.444 e. The second-order valence-electron chi connectivity index (χ2n) is 13.0. The molecule has 0 spiro atoms. The third-order valence-electron chi connectivity index (χ3n) is 6.82. The molecule has 38 heavy (non-hydrogen) atoms. The van der Waals surface area contributed by atoms with E-state index in [1.54, 1.807) is 25.7 Å². The van der Waals surface area contributed by atoms with Crippen molar-refractivity contribution in [2.75, 3.05) is 0 Å². The minimum atomic E-state index is -0.830. The van der Waals surface area contributed by atoms with Crippen LogP contribution in [0.3, 0.4) is 0 Å². The van der Waals surface area contributed by atoms with Crippen LogP contribution in [0.4, 0.5) is 4.79 Å². The maximum atomic E-state index is 14.3. The molecule has 0 aromatic heterocycles. The molecular weight excluding hydrogens is 478 g/mol. The maximum Gasteiger partial charge on any atom is 0.408 e. The first-order valence-corrected chi connectivity index (χ1v) is 14.3. The summed E-state index contributed by atoms with van der Waals surface area (Å²) < 4.78 is 5.48. The van der Waals surface area contributed by atoms with Crippen LogP contribution in [0.5, 0.6) is 0 Å². The molecule has 2 atom stereocenters. The van der Waals surface area contributed by atoms with Gasteiger partial charge in [-0.05, 0) is 84.3 Å². The highest BCUT2D eigenvalue weighted by Gasteiger charge is 2.42. The van der Waals surface area contributed by atoms with Gasteiger partial charge in [0, 0.05) is 11.6 Å². The maximum absolute atomic E-state index is 14.3. The normalized spacial score (nSPS) is 16.5. The third-order valence-corrected chi connectivity index (χ3v) is 6.82. The molecule has 0 heterocycles. The van der Waals surface area contributed by atoms with Gasteiger partial charge in [-0.2, -0.15) is 0 Å². The number of ether oxygens (including phenoxy) is 1. The number of carbonyl (C=O) groups is 3. The van der Waals surface area contributed by atoms with Gasteiger partial charge in [0.1, 0.15) is 17.7 Å². The molecular formula is C31H51N3O4. The molecule has 0 saturated heterocycles. The lowest BCUT2D eigenvalue weighted by Crippen LogP contribution is -2.59. The van der Waals surface area contributed by atoms with Gasteiger partial charge < -0.3 is 20.3 Å². The molecule has 0 bridgehead atoms. The van der Waals surface area contributed by atoms with Crippen LogP contribution in [0.2, 0.25) is 0 Å². The predicted molar refractivity (Wildman–Crippen MR) is 153 cm³/mol. The van der Waals surface area contributed by atoms with Gasteiger partial charge in [0.15, 0.2) is 0 Å². The highest BCUT2D eigenvalue weighted by molar-refractivity contribution is 5.92. The molecule has 214 valence electrons. The van der Waals surface area contributed by atoms with Gasteiger partial charge in [-0.15, -0.1) is 0 Å². The highest BCUT2D eigenvalue weighted by atomic mass is 16.6. The van der Waals surface area contributed by atoms with Crippen molar-refractivity contribution in [1.82, 2.24) is 15.5 Å². The van der Waals surface area contributed by atoms with Crippen molar-refractivity contribution in [2.24, 2.45) is 5.92 Å². The van der Waals surface area contributed by atoms with Crippen molar-refractivity contribution in [3.63, 3.8) is 0 Å². The fraction of sp³-hybridized carbons (Fsp3) is 0.710. The number of carbonyl (C=O) groups excluding carboxylic acids is 3. The van der Waals surface area contributed by atoms with Crippen LogP contribution in [-0.4, -0.2) is 46.0 Å². The number of nitrogens with zero attached hydrogens (tertiary/aromatic N) is 1. The molecule has 2 unspecified atom stereocenters. The smallest absolute Gasteiger partial charge is 0.408 e. The average Bonchev–Trinajstić information content (AvgIpc) is 2.80. The summed E-state index contributed by atoms with van der Waals surface area (Å²) in [7, 11) is 0. The van der Waals surface area contributed by atoms with E-state index in [0.29, 0.717) is 6.42 Å². The number of amides is 3. The molecule has 0 aliphatic heterocycles. The molecule has 1 aliphatic rings. The van der Waals surface area contributed by atoms with Crippen LogP contribution in [0.15, 0.2) is 24.3 Å². The molecule has 7 nitrogen and oxygen atoms in total. The first-order valence-electron chi connectivity index (χ1n) is 14.3. The zero-order valence-electron chi connectivity index (χ0n) is 25.1. The van der Waals surface area contributed by atoms with Gasteiger partial charge in [-0.1, -0.05) is 64.3 Å². The number of hydrogen-bond acceptors (Lipinski definition) is 4. The summed E-state index contributed by atoms with van der Waals surface area (Å²) in [6, 6.07) is 6.40. The minimum Gasteiger partial charge on any atom is -0.444 e. The molecule has 3 amide bonds. The fourth-order valence-electron chi connectivity index (χ4n) is 5.04. The van der Waals surface area contributed by atoms with Gasteiger partial charge in [-0.25, -0.2) is 4.79 Å². The fourth-order valence-corrected chi connectivity index (χ4v) is 5.04. The Bertz CT molecular complexity index is 922. The van der Waals surface area contributed by atoms with Crippen molar-refractivity contribution in [2.45, 2.75) is 137 Å². The zero-order chi connectivity index (χ0) is 28.7. The van der Waals surface area contributed by atoms with Crippen molar-refractivity contribution >= 4 is 17.9 Å². The lowest BCUT2D eigenvalue weighted by molar-refractivity contribution is -0.149. The Kier molecular flexibility index (Phi) is 11.2. The number of nitrogens with one attached hydrogen (secondary N) is 2. The number of benzene rings is 1. The van der Waals surface area contributed by atoms with E-state index in [4.69, 9.17) is 4.74 Å². The van der Waals surface area contributed by atoms with Crippen LogP contribution in [-0.2, 0) is 20.7 Å². The molecule has 1 aromatic carbocycles. The first kappa shape index (κ1) is 31.6. The summed E-state index contributed by atoms with van der Waals surface area (Å²) in [4.78, 5) is 42.7. The van der Waals surface area contributed by atoms with E-state index in [1.807, 2.05) is 58.9 Å². The van der Waals surface area contributed by atoms with Crippen molar-refractivity contribution in [3.05, 3.63) is 35.4 Å². The van der Waals surface area contributed by atoms with E-state index in [9.17, 15) is 14.4 Å². The predicted octanol–water partition coefficient (Wildman–Crippen LogP) is 6.31. The van der Waals surface area contributed by atoms with Crippen molar-refractivity contribution < 1.29 is 19.1 Å². The zero-order valence-corrected chi connectivity index (χ0v) is 25.1. The Hall–Kier alpha value is -2.57. The monoisotopic (exact) mass is 529 g/mol. The van der Waals surface area contributed by atoms with Gasteiger partial charge in [0.2, 0.25) is 11.8 Å². The molecule has 2 N–H and O–H groups in total. The topological polar surface area (TPSA) is 87.7 Å². The van der Waals surface area contributed by atoms with Crippen LogP contribution in [0, 0.1) is 5.92 Å². The molecule has 1 saturated carbocycles. The Balaban J connectivity index is 2.51. The lowest BCUT2D eigenvalue weighted by atomic mass is 9.91. The quantitative estimate of drug-likeness (QED) is 0.393. The molecule has 2 rings (SSSR count). The summed E-state index contributed by atoms with van der Waals surface area (Å²) in [6.45, 7) is 17.3. The number of hydrogen-bond donors (Lipinski definition) is 2. The Labute approximate surface area is 230 Å². The molecule has 0 radical (unpaired) electrons. The molecule has 1 aromatic rings. The number of alkyl carbamates (subject to hydrolysis) is 1. The summed E-state index contributed by atoms with van der Waals surface area (Å²) in [6.07, 6.45) is 5.96. The second kappa shape index (κ2) is 13.5. The van der Waals surface area contributed by atoms with Crippen molar-refractivity contribution in [3.8, 4) is 0 Å². The summed E-state index contributed by atoms with van der Waals surface area (Å²) in [5, 5.41) is 6.08. The van der Waals surface area contributed by atoms with E-state index >= 15 is 0 Å². The SMILES string of the molecule is CCc1ccc(C(C(=O)NC2CCCCC2)N(C(=O)C(CC(C)C)NC(=O)OC(C)(C)C)C(C)(C)C)cc1. The van der Waals surface area contributed by atoms with E-state index in [-0.39, 0.29) is 23.8 Å². The van der Waals surface area contributed by atoms with Crippen LogP contribution in [0.1, 0.15) is 118 Å². The van der Waals surface area contributed by atoms with E-state index in [1.165, 1.54) is 6.42 Å². The Morgan fingerprint density at radius 3 is 2.03 bits per heavy atom. The third kappa shape index (κ3) is 9.63. The Morgan fingerprint density at radius 2 is 1.55 bits per heavy atom. The first-order chi connectivity index (χ1) is 17.6. The number of rotatable bonds is 9. The standard InChI is InChI=1S/C31H51N3O4/c1-10-22-16-18-23(19-17-22)26(27(35)32-24-14-12-11-13-15-24)34(30(4,5)6)28(36)25(20-21(2)3)33-29(37)38-31(7,8)9/h16-19,21,24-26H,10-15,20H2,1-9H3,(H,32,35)(H,33,37). The van der Waals surface area contributed by atoms with Crippen LogP contribution in [0.25, 0.3) is 0 Å². The van der Waals surface area contributed by atoms with Crippen molar-refractivity contribution in [1.29, 1.82) is 0 Å². The van der Waals surface area contributed by atoms with Crippen LogP contribution >= 0.6 is 0 Å². The Morgan fingerprint density at radius 1 is 0.974 bits per heavy atom. The minimum absolute atomic E-state index is 0.108. The average molecular weight is 530 g/mol. The van der Waals surface area contributed by atoms with Gasteiger partial charge in [-0.3, -0.25) is 9.59 Å².